The summed E-state index contributed by atoms with van der Waals surface area (Å²) >= 11 is 0. The second kappa shape index (κ2) is 9.30. The quantitative estimate of drug-likeness (QED) is 0.603. The van der Waals surface area contributed by atoms with E-state index in [1.165, 1.54) is 5.56 Å². The maximum atomic E-state index is 12.4. The van der Waals surface area contributed by atoms with Crippen molar-refractivity contribution in [2.75, 3.05) is 11.4 Å². The summed E-state index contributed by atoms with van der Waals surface area (Å²) in [5.74, 6) is -0.461. The van der Waals surface area contributed by atoms with Crippen molar-refractivity contribution in [1.82, 2.24) is 15.3 Å². The Bertz CT molecular complexity index is 1300. The zero-order chi connectivity index (χ0) is 23.6. The minimum atomic E-state index is -0.450. The van der Waals surface area contributed by atoms with Crippen LogP contribution in [0.15, 0.2) is 32.6 Å². The average Bonchev–Trinajstić information content (AvgIpc) is 2.81. The molecule has 2 N–H and O–H groups in total. The Labute approximate surface area is 186 Å². The van der Waals surface area contributed by atoms with Crippen molar-refractivity contribution in [3.63, 3.8) is 0 Å². The smallest absolute Gasteiger partial charge is 0.287 e. The van der Waals surface area contributed by atoms with Crippen LogP contribution in [0.2, 0.25) is 0 Å². The molecule has 1 aromatic heterocycles. The Hall–Kier alpha value is -3.55. The number of H-pyrrole nitrogens is 1. The van der Waals surface area contributed by atoms with E-state index in [0.29, 0.717) is 35.6 Å². The number of benzene rings is 1. The van der Waals surface area contributed by atoms with Gasteiger partial charge in [0.1, 0.15) is 0 Å². The Balaban J connectivity index is 0.00000141. The highest BCUT2D eigenvalue weighted by Crippen LogP contribution is 2.25. The first-order valence-electron chi connectivity index (χ1n) is 10.8. The van der Waals surface area contributed by atoms with Crippen molar-refractivity contribution in [3.8, 4) is 0 Å². The average molecular weight is 437 g/mol. The summed E-state index contributed by atoms with van der Waals surface area (Å²) in [5.41, 5.74) is 4.09. The maximum absolute atomic E-state index is 12.4. The first-order chi connectivity index (χ1) is 15.3. The number of amides is 1. The van der Waals surface area contributed by atoms with Crippen molar-refractivity contribution in [2.45, 2.75) is 54.1 Å². The highest BCUT2D eigenvalue weighted by atomic mass is 16.2. The number of hydrogen-bond acceptors (Lipinski definition) is 6. The molecule has 0 saturated heterocycles. The molecule has 0 fully saturated rings. The van der Waals surface area contributed by atoms with E-state index in [4.69, 9.17) is 0 Å². The number of nitrogens with one attached hydrogen (secondary N) is 2. The number of rotatable bonds is 4. The van der Waals surface area contributed by atoms with E-state index in [-0.39, 0.29) is 17.9 Å². The summed E-state index contributed by atoms with van der Waals surface area (Å²) in [5, 5.41) is 2.78. The number of aromatic nitrogens is 2. The molecule has 4 rings (SSSR count). The van der Waals surface area contributed by atoms with Gasteiger partial charge in [-0.1, -0.05) is 32.0 Å². The summed E-state index contributed by atoms with van der Waals surface area (Å²) < 4.78 is 0. The number of anilines is 1. The van der Waals surface area contributed by atoms with E-state index in [0.717, 1.165) is 17.5 Å². The molecule has 1 aliphatic heterocycles. The van der Waals surface area contributed by atoms with Crippen LogP contribution in [0.5, 0.6) is 0 Å². The Morgan fingerprint density at radius 3 is 2.44 bits per heavy atom. The molecule has 1 amide bonds. The predicted octanol–water partition coefficient (Wildman–Crippen LogP) is 1.81. The molecule has 0 radical (unpaired) electrons. The molecule has 0 atom stereocenters. The van der Waals surface area contributed by atoms with Crippen LogP contribution < -0.4 is 26.6 Å². The molecule has 0 saturated carbocycles. The minimum Gasteiger partial charge on any atom is -0.363 e. The third-order valence-electron chi connectivity index (χ3n) is 5.78. The summed E-state index contributed by atoms with van der Waals surface area (Å²) in [6.45, 7) is 10.6. The molecule has 2 aromatic carbocycles. The van der Waals surface area contributed by atoms with Gasteiger partial charge in [0.15, 0.2) is 5.82 Å². The van der Waals surface area contributed by atoms with Gasteiger partial charge in [0, 0.05) is 36.5 Å². The summed E-state index contributed by atoms with van der Waals surface area (Å²) in [6.07, 6.45) is 0.786. The van der Waals surface area contributed by atoms with Crippen LogP contribution in [0.4, 0.5) is 5.69 Å². The van der Waals surface area contributed by atoms with Gasteiger partial charge in [-0.05, 0) is 43.9 Å². The van der Waals surface area contributed by atoms with Crippen molar-refractivity contribution >= 4 is 11.6 Å². The molecular formula is C24H28N4O4. The largest absolute Gasteiger partial charge is 0.363 e. The van der Waals surface area contributed by atoms with E-state index < -0.39 is 16.8 Å². The highest BCUT2D eigenvalue weighted by molar-refractivity contribution is 5.90. The zero-order valence-corrected chi connectivity index (χ0v) is 19.1. The normalized spacial score (nSPS) is 12.7. The van der Waals surface area contributed by atoms with E-state index in [2.05, 4.69) is 15.3 Å². The standard InChI is InChI=1S/C22H22N4O4.C2H6/c1-11-13(3)24-20(25-21(11)29)22(30)23-9-14-4-5-15-6-7-26(10-16(15)8-14)17-12(2)18(27)19(17)28;1-2/h4-5,8H,6-7,9-10H2,1-3H3,(H,23,30)(H,24,25,29);1-2H3. The number of aryl methyl sites for hydroxylation is 1. The molecule has 32 heavy (non-hydrogen) atoms. The Morgan fingerprint density at radius 2 is 1.78 bits per heavy atom. The topological polar surface area (TPSA) is 112 Å². The lowest BCUT2D eigenvalue weighted by atomic mass is 9.95. The fraction of sp³-hybridized carbons (Fsp3) is 0.375. The van der Waals surface area contributed by atoms with Crippen LogP contribution in [0.3, 0.4) is 0 Å². The number of fused-ring (bicyclic) bond motifs is 1. The fourth-order valence-corrected chi connectivity index (χ4v) is 3.80. The van der Waals surface area contributed by atoms with Gasteiger partial charge in [0.2, 0.25) is 10.9 Å². The van der Waals surface area contributed by atoms with Gasteiger partial charge < -0.3 is 15.2 Å². The van der Waals surface area contributed by atoms with Gasteiger partial charge in [-0.2, -0.15) is 0 Å². The molecule has 8 nitrogen and oxygen atoms in total. The Morgan fingerprint density at radius 1 is 1.06 bits per heavy atom. The van der Waals surface area contributed by atoms with Gasteiger partial charge in [-0.25, -0.2) is 4.98 Å². The zero-order valence-electron chi connectivity index (χ0n) is 19.1. The first-order valence-corrected chi connectivity index (χ1v) is 10.8. The summed E-state index contributed by atoms with van der Waals surface area (Å²) in [4.78, 5) is 56.3. The number of carbonyl (C=O) groups is 1. The van der Waals surface area contributed by atoms with E-state index >= 15 is 0 Å². The van der Waals surface area contributed by atoms with Crippen molar-refractivity contribution in [1.29, 1.82) is 0 Å². The monoisotopic (exact) mass is 436 g/mol. The van der Waals surface area contributed by atoms with Gasteiger partial charge in [-0.3, -0.25) is 19.2 Å². The lowest BCUT2D eigenvalue weighted by Crippen LogP contribution is -2.44. The maximum Gasteiger partial charge on any atom is 0.287 e. The molecule has 2 heterocycles. The lowest BCUT2D eigenvalue weighted by Gasteiger charge is -2.32. The van der Waals surface area contributed by atoms with Gasteiger partial charge in [-0.15, -0.1) is 0 Å². The van der Waals surface area contributed by atoms with Gasteiger partial charge in [0.25, 0.3) is 11.5 Å². The molecule has 168 valence electrons. The second-order valence-corrected chi connectivity index (χ2v) is 7.71. The lowest BCUT2D eigenvalue weighted by molar-refractivity contribution is 0.0940. The molecule has 0 spiro atoms. The van der Waals surface area contributed by atoms with E-state index in [1.807, 2.05) is 36.9 Å². The van der Waals surface area contributed by atoms with Crippen LogP contribution in [-0.4, -0.2) is 22.4 Å². The first kappa shape index (κ1) is 23.1. The number of carbonyl (C=O) groups excluding carboxylic acids is 1. The van der Waals surface area contributed by atoms with Crippen LogP contribution in [0.25, 0.3) is 0 Å². The molecule has 0 aliphatic carbocycles. The third kappa shape index (κ3) is 4.26. The SMILES string of the molecule is CC.Cc1nc(C(=O)NCc2ccc3c(c2)CN(c2c(C)c(=O)c2=O)CC3)[nH]c(=O)c1C. The highest BCUT2D eigenvalue weighted by Gasteiger charge is 2.26. The second-order valence-electron chi connectivity index (χ2n) is 7.71. The molecule has 3 aromatic rings. The van der Waals surface area contributed by atoms with E-state index in [1.54, 1.807) is 20.8 Å². The number of aromatic amines is 1. The molecule has 0 bridgehead atoms. The van der Waals surface area contributed by atoms with Crippen molar-refractivity contribution < 1.29 is 4.79 Å². The van der Waals surface area contributed by atoms with Crippen LogP contribution in [-0.2, 0) is 19.5 Å². The summed E-state index contributed by atoms with van der Waals surface area (Å²) in [6, 6.07) is 5.98. The van der Waals surface area contributed by atoms with Crippen LogP contribution >= 0.6 is 0 Å². The molecule has 0 unspecified atom stereocenters. The molecule has 1 aliphatic rings. The van der Waals surface area contributed by atoms with Crippen molar-refractivity contribution in [2.24, 2.45) is 0 Å². The number of hydrogen-bond donors (Lipinski definition) is 2. The van der Waals surface area contributed by atoms with Crippen LogP contribution in [0, 0.1) is 20.8 Å². The van der Waals surface area contributed by atoms with Gasteiger partial charge >= 0.3 is 0 Å². The minimum absolute atomic E-state index is 0.0113. The molecule has 8 heteroatoms. The van der Waals surface area contributed by atoms with Crippen molar-refractivity contribution in [3.05, 3.63) is 88.3 Å². The Kier molecular flexibility index (Phi) is 6.72. The summed E-state index contributed by atoms with van der Waals surface area (Å²) in [7, 11) is 0. The fourth-order valence-electron chi connectivity index (χ4n) is 3.80. The third-order valence-corrected chi connectivity index (χ3v) is 5.78. The predicted molar refractivity (Wildman–Crippen MR) is 124 cm³/mol. The van der Waals surface area contributed by atoms with E-state index in [9.17, 15) is 19.2 Å². The molecular weight excluding hydrogens is 408 g/mol. The van der Waals surface area contributed by atoms with Crippen LogP contribution in [0.1, 0.15) is 58.0 Å². The van der Waals surface area contributed by atoms with Gasteiger partial charge in [0.05, 0.1) is 5.69 Å². The number of nitrogens with zero attached hydrogens (tertiary/aromatic N) is 2.